The van der Waals surface area contributed by atoms with E-state index in [0.29, 0.717) is 35.5 Å². The van der Waals surface area contributed by atoms with Crippen LogP contribution in [0.5, 0.6) is 11.5 Å². The standard InChI is InChI=1S/C21H23N5O3S/c1-4-25(12-14-9-10-17(28-2)18(11-14)29-3)19(27)13-30-21-24-23-20-22-15-7-5-6-8-16(15)26(20)21/h5-11H,4,12-13H2,1-3H3,(H,22,23). The lowest BCUT2D eigenvalue weighted by atomic mass is 10.2. The van der Waals surface area contributed by atoms with Crippen molar-refractivity contribution < 1.29 is 14.3 Å². The molecule has 4 aromatic rings. The summed E-state index contributed by atoms with van der Waals surface area (Å²) in [6, 6.07) is 13.6. The highest BCUT2D eigenvalue weighted by atomic mass is 32.2. The van der Waals surface area contributed by atoms with E-state index < -0.39 is 0 Å². The number of nitrogens with one attached hydrogen (secondary N) is 1. The van der Waals surface area contributed by atoms with Crippen LogP contribution in [0.2, 0.25) is 0 Å². The van der Waals surface area contributed by atoms with Crippen molar-refractivity contribution in [2.24, 2.45) is 0 Å². The normalized spacial score (nSPS) is 11.2. The van der Waals surface area contributed by atoms with E-state index in [4.69, 9.17) is 9.47 Å². The van der Waals surface area contributed by atoms with Gasteiger partial charge in [0.25, 0.3) is 0 Å². The Labute approximate surface area is 178 Å². The summed E-state index contributed by atoms with van der Waals surface area (Å²) in [5, 5.41) is 7.98. The largest absolute Gasteiger partial charge is 0.493 e. The topological polar surface area (TPSA) is 84.8 Å². The molecule has 0 fully saturated rings. The van der Waals surface area contributed by atoms with Gasteiger partial charge in [0.15, 0.2) is 16.7 Å². The number of imidazole rings is 1. The van der Waals surface area contributed by atoms with E-state index in [1.54, 1.807) is 14.2 Å². The van der Waals surface area contributed by atoms with Crippen molar-refractivity contribution in [2.45, 2.75) is 18.6 Å². The quantitative estimate of drug-likeness (QED) is 0.436. The minimum absolute atomic E-state index is 0.0397. The molecule has 1 N–H and O–H groups in total. The van der Waals surface area contributed by atoms with Crippen LogP contribution < -0.4 is 9.47 Å². The van der Waals surface area contributed by atoms with E-state index in [1.807, 2.05) is 58.7 Å². The summed E-state index contributed by atoms with van der Waals surface area (Å²) in [6.07, 6.45) is 0. The minimum Gasteiger partial charge on any atom is -0.493 e. The van der Waals surface area contributed by atoms with Crippen molar-refractivity contribution in [1.29, 1.82) is 0 Å². The zero-order valence-electron chi connectivity index (χ0n) is 17.1. The molecule has 9 heteroatoms. The fourth-order valence-corrected chi connectivity index (χ4v) is 4.19. The van der Waals surface area contributed by atoms with Crippen LogP contribution in [0.25, 0.3) is 16.8 Å². The van der Waals surface area contributed by atoms with Gasteiger partial charge in [0.1, 0.15) is 0 Å². The Kier molecular flexibility index (Phi) is 5.80. The number of aromatic amines is 1. The number of aromatic nitrogens is 4. The summed E-state index contributed by atoms with van der Waals surface area (Å²) in [6.45, 7) is 3.08. The molecule has 8 nitrogen and oxygen atoms in total. The van der Waals surface area contributed by atoms with Crippen LogP contribution in [-0.4, -0.2) is 56.9 Å². The number of carbonyl (C=O) groups excluding carboxylic acids is 1. The Morgan fingerprint density at radius 1 is 1.17 bits per heavy atom. The summed E-state index contributed by atoms with van der Waals surface area (Å²) in [5.41, 5.74) is 2.84. The van der Waals surface area contributed by atoms with Gasteiger partial charge in [-0.05, 0) is 36.8 Å². The number of methoxy groups -OCH3 is 2. The van der Waals surface area contributed by atoms with Gasteiger partial charge in [-0.2, -0.15) is 0 Å². The number of carbonyl (C=O) groups is 1. The highest BCUT2D eigenvalue weighted by Crippen LogP contribution is 2.28. The third-order valence-electron chi connectivity index (χ3n) is 4.88. The molecule has 2 aromatic heterocycles. The maximum atomic E-state index is 12.9. The average Bonchev–Trinajstić information content (AvgIpc) is 3.34. The highest BCUT2D eigenvalue weighted by molar-refractivity contribution is 7.99. The molecule has 2 aromatic carbocycles. The lowest BCUT2D eigenvalue weighted by molar-refractivity contribution is -0.128. The van der Waals surface area contributed by atoms with Crippen LogP contribution in [0.3, 0.4) is 0 Å². The third-order valence-corrected chi connectivity index (χ3v) is 5.81. The van der Waals surface area contributed by atoms with E-state index in [1.165, 1.54) is 11.8 Å². The van der Waals surface area contributed by atoms with Crippen LogP contribution in [0.1, 0.15) is 12.5 Å². The van der Waals surface area contributed by atoms with Crippen molar-refractivity contribution in [3.63, 3.8) is 0 Å². The SMILES string of the molecule is CCN(Cc1ccc(OC)c(OC)c1)C(=O)CSc1n[nH]c2nc3ccccc3n12. The second-order valence-corrected chi connectivity index (χ2v) is 7.59. The molecule has 0 bridgehead atoms. The van der Waals surface area contributed by atoms with E-state index in [2.05, 4.69) is 15.2 Å². The number of H-pyrrole nitrogens is 1. The zero-order valence-corrected chi connectivity index (χ0v) is 17.9. The lowest BCUT2D eigenvalue weighted by Gasteiger charge is -2.21. The van der Waals surface area contributed by atoms with Crippen LogP contribution >= 0.6 is 11.8 Å². The Hall–Kier alpha value is -3.20. The first-order chi connectivity index (χ1) is 14.6. The fourth-order valence-electron chi connectivity index (χ4n) is 3.33. The van der Waals surface area contributed by atoms with Crippen molar-refractivity contribution in [3.05, 3.63) is 48.0 Å². The number of para-hydroxylation sites is 2. The smallest absolute Gasteiger partial charge is 0.233 e. The van der Waals surface area contributed by atoms with Crippen LogP contribution in [0, 0.1) is 0 Å². The molecular formula is C21H23N5O3S. The fraction of sp³-hybridized carbons (Fsp3) is 0.286. The van der Waals surface area contributed by atoms with Gasteiger partial charge in [-0.15, -0.1) is 5.10 Å². The van der Waals surface area contributed by atoms with Gasteiger partial charge >= 0.3 is 0 Å². The number of benzene rings is 2. The monoisotopic (exact) mass is 425 g/mol. The molecule has 0 atom stereocenters. The van der Waals surface area contributed by atoms with E-state index in [-0.39, 0.29) is 11.7 Å². The highest BCUT2D eigenvalue weighted by Gasteiger charge is 2.17. The number of hydrogen-bond acceptors (Lipinski definition) is 6. The first-order valence-corrected chi connectivity index (χ1v) is 10.6. The molecule has 0 aliphatic heterocycles. The number of thioether (sulfide) groups is 1. The number of fused-ring (bicyclic) bond motifs is 3. The predicted octanol–water partition coefficient (Wildman–Crippen LogP) is 3.37. The van der Waals surface area contributed by atoms with Gasteiger partial charge in [0, 0.05) is 13.1 Å². The van der Waals surface area contributed by atoms with E-state index in [0.717, 1.165) is 16.6 Å². The molecule has 0 aliphatic carbocycles. The molecule has 0 saturated carbocycles. The molecule has 4 rings (SSSR count). The summed E-state index contributed by atoms with van der Waals surface area (Å²) < 4.78 is 12.6. The summed E-state index contributed by atoms with van der Waals surface area (Å²) in [5.74, 6) is 2.31. The lowest BCUT2D eigenvalue weighted by Crippen LogP contribution is -2.31. The molecule has 0 spiro atoms. The molecule has 0 radical (unpaired) electrons. The van der Waals surface area contributed by atoms with Gasteiger partial charge in [-0.25, -0.2) is 10.1 Å². The first kappa shape index (κ1) is 20.1. The van der Waals surface area contributed by atoms with Crippen molar-refractivity contribution in [1.82, 2.24) is 24.5 Å². The van der Waals surface area contributed by atoms with Crippen molar-refractivity contribution >= 4 is 34.5 Å². The van der Waals surface area contributed by atoms with E-state index >= 15 is 0 Å². The van der Waals surface area contributed by atoms with Crippen molar-refractivity contribution in [2.75, 3.05) is 26.5 Å². The van der Waals surface area contributed by atoms with Gasteiger partial charge < -0.3 is 14.4 Å². The van der Waals surface area contributed by atoms with E-state index in [9.17, 15) is 4.79 Å². The Morgan fingerprint density at radius 3 is 2.73 bits per heavy atom. The molecule has 156 valence electrons. The third kappa shape index (κ3) is 3.80. The Morgan fingerprint density at radius 2 is 1.97 bits per heavy atom. The van der Waals surface area contributed by atoms with Gasteiger partial charge in [-0.3, -0.25) is 9.20 Å². The summed E-state index contributed by atoms with van der Waals surface area (Å²) >= 11 is 1.40. The number of rotatable bonds is 8. The Bertz CT molecular complexity index is 1190. The molecule has 0 unspecified atom stereocenters. The van der Waals surface area contributed by atoms with Gasteiger partial charge in [-0.1, -0.05) is 30.0 Å². The maximum Gasteiger partial charge on any atom is 0.233 e. The second-order valence-electron chi connectivity index (χ2n) is 6.65. The van der Waals surface area contributed by atoms with Crippen LogP contribution in [0.4, 0.5) is 0 Å². The molecule has 30 heavy (non-hydrogen) atoms. The minimum atomic E-state index is 0.0397. The summed E-state index contributed by atoms with van der Waals surface area (Å²) in [4.78, 5) is 19.2. The molecule has 0 aliphatic rings. The van der Waals surface area contributed by atoms with Crippen molar-refractivity contribution in [3.8, 4) is 11.5 Å². The molecular weight excluding hydrogens is 402 g/mol. The molecule has 1 amide bonds. The summed E-state index contributed by atoms with van der Waals surface area (Å²) in [7, 11) is 3.21. The predicted molar refractivity (Wildman–Crippen MR) is 116 cm³/mol. The number of nitrogens with zero attached hydrogens (tertiary/aromatic N) is 4. The van der Waals surface area contributed by atoms with Gasteiger partial charge in [0.05, 0.1) is 31.0 Å². The van der Waals surface area contributed by atoms with Crippen LogP contribution in [0.15, 0.2) is 47.6 Å². The average molecular weight is 426 g/mol. The molecule has 0 saturated heterocycles. The van der Waals surface area contributed by atoms with Crippen LogP contribution in [-0.2, 0) is 11.3 Å². The zero-order chi connectivity index (χ0) is 21.1. The number of hydrogen-bond donors (Lipinski definition) is 1. The molecule has 2 heterocycles. The first-order valence-electron chi connectivity index (χ1n) is 9.57. The Balaban J connectivity index is 1.47. The number of amides is 1. The maximum absolute atomic E-state index is 12.9. The van der Waals surface area contributed by atoms with Gasteiger partial charge in [0.2, 0.25) is 11.7 Å². The number of ether oxygens (including phenoxy) is 2. The second kappa shape index (κ2) is 8.66.